The number of carbonyl (C=O) groups is 2. The van der Waals surface area contributed by atoms with Crippen LogP contribution in [0, 0.1) is 5.82 Å². The Morgan fingerprint density at radius 3 is 2.64 bits per heavy atom. The number of halogens is 1. The maximum atomic E-state index is 13.8. The second-order valence-corrected chi connectivity index (χ2v) is 9.17. The fourth-order valence-corrected chi connectivity index (χ4v) is 4.77. The first-order chi connectivity index (χ1) is 17.4. The highest BCUT2D eigenvalue weighted by molar-refractivity contribution is 6.01. The van der Waals surface area contributed by atoms with E-state index in [-0.39, 0.29) is 44.1 Å². The molecule has 1 N–H and O–H groups in total. The van der Waals surface area contributed by atoms with Crippen LogP contribution < -0.4 is 14.8 Å². The van der Waals surface area contributed by atoms with Gasteiger partial charge in [0.1, 0.15) is 11.4 Å². The van der Waals surface area contributed by atoms with Gasteiger partial charge in [-0.1, -0.05) is 30.3 Å². The first-order valence-corrected chi connectivity index (χ1v) is 11.6. The van der Waals surface area contributed by atoms with Crippen LogP contribution in [0.25, 0.3) is 11.0 Å². The number of fused-ring (bicyclic) bond motifs is 4. The Hall–Kier alpha value is -4.40. The standard InChI is InChI=1S/C27H23FN4O4/c1-27(26(34)29-13-17-6-9-19(28)10-7-17)15-31-21-5-3-2-4-20(21)30-24(31)25(33)32(27)14-18-8-11-22-23(12-18)36-16-35-22/h2-12H,13-16H2,1H3,(H,29,34)/t27-/m1/s1. The Morgan fingerprint density at radius 1 is 1.06 bits per heavy atom. The molecule has 3 aromatic carbocycles. The van der Waals surface area contributed by atoms with Crippen LogP contribution in [-0.2, 0) is 24.4 Å². The van der Waals surface area contributed by atoms with Gasteiger partial charge in [0.15, 0.2) is 17.3 Å². The molecule has 0 saturated carbocycles. The van der Waals surface area contributed by atoms with Crippen LogP contribution in [0.15, 0.2) is 66.7 Å². The molecule has 0 spiro atoms. The summed E-state index contributed by atoms with van der Waals surface area (Å²) in [4.78, 5) is 33.7. The minimum absolute atomic E-state index is 0.148. The molecule has 0 fully saturated rings. The van der Waals surface area contributed by atoms with Gasteiger partial charge in [0.25, 0.3) is 5.91 Å². The summed E-state index contributed by atoms with van der Waals surface area (Å²) in [6, 6.07) is 18.9. The number of carbonyl (C=O) groups excluding carboxylic acids is 2. The minimum Gasteiger partial charge on any atom is -0.454 e. The SMILES string of the molecule is C[C@]1(C(=O)NCc2ccc(F)cc2)Cn2c(nc3ccccc32)C(=O)N1Cc1ccc2c(c1)OCO2. The number of nitrogens with zero attached hydrogens (tertiary/aromatic N) is 3. The second-order valence-electron chi connectivity index (χ2n) is 9.17. The number of ether oxygens (including phenoxy) is 2. The van der Waals surface area contributed by atoms with Crippen molar-refractivity contribution in [1.29, 1.82) is 0 Å². The highest BCUT2D eigenvalue weighted by atomic mass is 19.1. The van der Waals surface area contributed by atoms with Crippen LogP contribution in [0.4, 0.5) is 4.39 Å². The van der Waals surface area contributed by atoms with Crippen molar-refractivity contribution in [2.75, 3.05) is 6.79 Å². The summed E-state index contributed by atoms with van der Waals surface area (Å²) in [5, 5.41) is 2.94. The Bertz CT molecular complexity index is 1500. The Balaban J connectivity index is 1.36. The lowest BCUT2D eigenvalue weighted by molar-refractivity contribution is -0.133. The van der Waals surface area contributed by atoms with Gasteiger partial charge in [-0.2, -0.15) is 0 Å². The number of para-hydroxylation sites is 2. The summed E-state index contributed by atoms with van der Waals surface area (Å²) in [6.07, 6.45) is 0. The third-order valence-corrected chi connectivity index (χ3v) is 6.79. The molecule has 2 amide bonds. The third-order valence-electron chi connectivity index (χ3n) is 6.79. The molecule has 9 heteroatoms. The van der Waals surface area contributed by atoms with Gasteiger partial charge in [-0.05, 0) is 54.4 Å². The molecule has 4 aromatic rings. The van der Waals surface area contributed by atoms with Crippen molar-refractivity contribution in [2.24, 2.45) is 0 Å². The van der Waals surface area contributed by atoms with E-state index in [1.165, 1.54) is 12.1 Å². The number of hydrogen-bond donors (Lipinski definition) is 1. The molecular weight excluding hydrogens is 463 g/mol. The van der Waals surface area contributed by atoms with Gasteiger partial charge in [0.2, 0.25) is 12.7 Å². The van der Waals surface area contributed by atoms with Gasteiger partial charge < -0.3 is 24.3 Å². The number of amides is 2. The quantitative estimate of drug-likeness (QED) is 0.466. The predicted molar refractivity (Wildman–Crippen MR) is 129 cm³/mol. The van der Waals surface area contributed by atoms with Crippen LogP contribution in [0.1, 0.15) is 28.7 Å². The van der Waals surface area contributed by atoms with E-state index < -0.39 is 5.54 Å². The molecule has 182 valence electrons. The van der Waals surface area contributed by atoms with Gasteiger partial charge in [-0.3, -0.25) is 9.59 Å². The highest BCUT2D eigenvalue weighted by Crippen LogP contribution is 2.36. The average molecular weight is 487 g/mol. The molecule has 2 aliphatic rings. The lowest BCUT2D eigenvalue weighted by Gasteiger charge is -2.43. The number of imidazole rings is 1. The van der Waals surface area contributed by atoms with Crippen molar-refractivity contribution >= 4 is 22.8 Å². The molecule has 3 heterocycles. The highest BCUT2D eigenvalue weighted by Gasteiger charge is 2.48. The average Bonchev–Trinajstić information content (AvgIpc) is 3.50. The zero-order chi connectivity index (χ0) is 24.9. The molecule has 0 aliphatic carbocycles. The lowest BCUT2D eigenvalue weighted by atomic mass is 9.94. The van der Waals surface area contributed by atoms with Gasteiger partial charge in [-0.15, -0.1) is 0 Å². The maximum absolute atomic E-state index is 13.8. The van der Waals surface area contributed by atoms with Crippen LogP contribution >= 0.6 is 0 Å². The molecule has 1 atom stereocenters. The normalized spacial score (nSPS) is 18.4. The molecule has 8 nitrogen and oxygen atoms in total. The van der Waals surface area contributed by atoms with Crippen molar-refractivity contribution in [3.05, 3.63) is 89.5 Å². The molecule has 0 saturated heterocycles. The van der Waals surface area contributed by atoms with Gasteiger partial charge in [0, 0.05) is 13.1 Å². The van der Waals surface area contributed by atoms with E-state index in [1.807, 2.05) is 41.0 Å². The summed E-state index contributed by atoms with van der Waals surface area (Å²) in [7, 11) is 0. The van der Waals surface area contributed by atoms with Gasteiger partial charge >= 0.3 is 0 Å². The summed E-state index contributed by atoms with van der Waals surface area (Å²) < 4.78 is 26.0. The van der Waals surface area contributed by atoms with E-state index in [1.54, 1.807) is 30.0 Å². The number of rotatable bonds is 5. The van der Waals surface area contributed by atoms with Crippen molar-refractivity contribution in [1.82, 2.24) is 19.8 Å². The molecule has 6 rings (SSSR count). The largest absolute Gasteiger partial charge is 0.454 e. The topological polar surface area (TPSA) is 85.7 Å². The predicted octanol–water partition coefficient (Wildman–Crippen LogP) is 3.64. The van der Waals surface area contributed by atoms with E-state index in [9.17, 15) is 14.0 Å². The summed E-state index contributed by atoms with van der Waals surface area (Å²) in [5.74, 6) is 0.543. The lowest BCUT2D eigenvalue weighted by Crippen LogP contribution is -2.63. The third kappa shape index (κ3) is 3.64. The molecule has 2 aliphatic heterocycles. The summed E-state index contributed by atoms with van der Waals surface area (Å²) in [6.45, 7) is 2.52. The Kier molecular flexibility index (Phi) is 5.13. The monoisotopic (exact) mass is 486 g/mol. The van der Waals surface area contributed by atoms with Crippen LogP contribution in [0.3, 0.4) is 0 Å². The van der Waals surface area contributed by atoms with Crippen molar-refractivity contribution in [3.63, 3.8) is 0 Å². The second kappa shape index (κ2) is 8.37. The van der Waals surface area contributed by atoms with Gasteiger partial charge in [-0.25, -0.2) is 9.37 Å². The van der Waals surface area contributed by atoms with E-state index >= 15 is 0 Å². The van der Waals surface area contributed by atoms with Crippen LogP contribution in [-0.4, -0.2) is 38.6 Å². The smallest absolute Gasteiger partial charge is 0.291 e. The summed E-state index contributed by atoms with van der Waals surface area (Å²) in [5.41, 5.74) is 1.83. The molecule has 1 aromatic heterocycles. The first-order valence-electron chi connectivity index (χ1n) is 11.6. The number of benzene rings is 3. The Morgan fingerprint density at radius 2 is 1.81 bits per heavy atom. The Labute approximate surface area is 206 Å². The fourth-order valence-electron chi connectivity index (χ4n) is 4.77. The molecule has 0 radical (unpaired) electrons. The van der Waals surface area contributed by atoms with Crippen LogP contribution in [0.5, 0.6) is 11.5 Å². The molecule has 0 unspecified atom stereocenters. The van der Waals surface area contributed by atoms with Gasteiger partial charge in [0.05, 0.1) is 17.6 Å². The van der Waals surface area contributed by atoms with Crippen molar-refractivity contribution in [3.8, 4) is 11.5 Å². The minimum atomic E-state index is -1.22. The first kappa shape index (κ1) is 22.1. The number of nitrogens with one attached hydrogen (secondary N) is 1. The summed E-state index contributed by atoms with van der Waals surface area (Å²) >= 11 is 0. The van der Waals surface area contributed by atoms with E-state index in [2.05, 4.69) is 10.3 Å². The molecule has 36 heavy (non-hydrogen) atoms. The van der Waals surface area contributed by atoms with E-state index in [4.69, 9.17) is 9.47 Å². The molecule has 0 bridgehead atoms. The number of hydrogen-bond acceptors (Lipinski definition) is 5. The maximum Gasteiger partial charge on any atom is 0.291 e. The van der Waals surface area contributed by atoms with Crippen LogP contribution in [0.2, 0.25) is 0 Å². The zero-order valence-electron chi connectivity index (χ0n) is 19.5. The van der Waals surface area contributed by atoms with E-state index in [0.29, 0.717) is 22.8 Å². The number of aromatic nitrogens is 2. The van der Waals surface area contributed by atoms with Crippen molar-refractivity contribution in [2.45, 2.75) is 32.1 Å². The zero-order valence-corrected chi connectivity index (χ0v) is 19.5. The fraction of sp³-hybridized carbons (Fsp3) is 0.222. The van der Waals surface area contributed by atoms with E-state index in [0.717, 1.165) is 16.6 Å². The van der Waals surface area contributed by atoms with Crippen molar-refractivity contribution < 1.29 is 23.5 Å². The molecular formula is C27H23FN4O4.